The van der Waals surface area contributed by atoms with E-state index in [1.165, 1.54) is 4.57 Å². The lowest BCUT2D eigenvalue weighted by molar-refractivity contribution is 0.576. The normalized spacial score (nSPS) is 12.1. The number of nitrogens with zero attached hydrogens (tertiary/aromatic N) is 1. The molecule has 1 aromatic heterocycles. The second kappa shape index (κ2) is 5.67. The minimum atomic E-state index is -3.14. The van der Waals surface area contributed by atoms with E-state index >= 15 is 0 Å². The second-order valence-corrected chi connectivity index (χ2v) is 7.25. The van der Waals surface area contributed by atoms with E-state index < -0.39 is 15.1 Å². The molecule has 102 valence electrons. The van der Waals surface area contributed by atoms with Crippen molar-refractivity contribution in [1.82, 2.24) is 4.57 Å². The van der Waals surface area contributed by atoms with Crippen molar-refractivity contribution in [2.75, 3.05) is 5.75 Å². The largest absolute Gasteiger partial charge is 0.326 e. The Hall–Kier alpha value is -1.14. The molecule has 0 aromatic carbocycles. The fraction of sp³-hybridized carbons (Fsp3) is 0.583. The summed E-state index contributed by atoms with van der Waals surface area (Å²) in [5.74, 6) is -0.0283. The van der Waals surface area contributed by atoms with Gasteiger partial charge in [0.15, 0.2) is 9.84 Å². The van der Waals surface area contributed by atoms with E-state index in [1.54, 1.807) is 32.9 Å². The van der Waals surface area contributed by atoms with Crippen molar-refractivity contribution in [2.24, 2.45) is 5.73 Å². The molecule has 0 bridgehead atoms. The number of aromatic nitrogens is 1. The number of sulfone groups is 1. The quantitative estimate of drug-likeness (QED) is 0.843. The molecule has 1 aromatic rings. The van der Waals surface area contributed by atoms with Crippen molar-refractivity contribution in [1.29, 1.82) is 0 Å². The molecule has 6 heteroatoms. The molecule has 0 aliphatic heterocycles. The van der Waals surface area contributed by atoms with Crippen LogP contribution in [0.3, 0.4) is 0 Å². The molecule has 0 saturated heterocycles. The van der Waals surface area contributed by atoms with Crippen LogP contribution in [0.25, 0.3) is 0 Å². The van der Waals surface area contributed by atoms with Crippen LogP contribution >= 0.6 is 0 Å². The standard InChI is InChI=1S/C12H20N2O3S/c1-9(2)18(16,17)7-6-14-10(3)4-5-11(8-13)12(14)15/h4-5,9H,6-8,13H2,1-3H3. The van der Waals surface area contributed by atoms with Crippen LogP contribution in [0.4, 0.5) is 0 Å². The van der Waals surface area contributed by atoms with Gasteiger partial charge in [-0.15, -0.1) is 0 Å². The molecule has 0 radical (unpaired) electrons. The predicted octanol–water partition coefficient (Wildman–Crippen LogP) is 0.439. The van der Waals surface area contributed by atoms with Gasteiger partial charge in [-0.25, -0.2) is 8.42 Å². The van der Waals surface area contributed by atoms with Crippen molar-refractivity contribution in [3.63, 3.8) is 0 Å². The number of pyridine rings is 1. The van der Waals surface area contributed by atoms with Gasteiger partial charge in [-0.3, -0.25) is 4.79 Å². The molecule has 0 fully saturated rings. The Kier molecular flexibility index (Phi) is 4.70. The predicted molar refractivity (Wildman–Crippen MR) is 72.3 cm³/mol. The Balaban J connectivity index is 3.03. The summed E-state index contributed by atoms with van der Waals surface area (Å²) in [6.45, 7) is 5.40. The molecule has 5 nitrogen and oxygen atoms in total. The fourth-order valence-corrected chi connectivity index (χ4v) is 2.51. The van der Waals surface area contributed by atoms with Crippen LogP contribution in [0.2, 0.25) is 0 Å². The van der Waals surface area contributed by atoms with Gasteiger partial charge >= 0.3 is 0 Å². The lowest BCUT2D eigenvalue weighted by Crippen LogP contribution is -2.30. The first kappa shape index (κ1) is 14.9. The van der Waals surface area contributed by atoms with E-state index in [1.807, 2.05) is 0 Å². The zero-order chi connectivity index (χ0) is 13.9. The number of rotatable bonds is 5. The molecule has 0 aliphatic rings. The average Bonchev–Trinajstić information content (AvgIpc) is 2.28. The van der Waals surface area contributed by atoms with E-state index in [0.29, 0.717) is 5.56 Å². The van der Waals surface area contributed by atoms with Crippen molar-refractivity contribution in [2.45, 2.75) is 39.1 Å². The molecular formula is C12H20N2O3S. The minimum absolute atomic E-state index is 0.0283. The summed E-state index contributed by atoms with van der Waals surface area (Å²) >= 11 is 0. The van der Waals surface area contributed by atoms with E-state index in [2.05, 4.69) is 0 Å². The van der Waals surface area contributed by atoms with Crippen LogP contribution in [0.15, 0.2) is 16.9 Å². The van der Waals surface area contributed by atoms with Crippen molar-refractivity contribution >= 4 is 9.84 Å². The summed E-state index contributed by atoms with van der Waals surface area (Å²) in [6, 6.07) is 3.47. The zero-order valence-corrected chi connectivity index (χ0v) is 11.8. The Bertz CT molecular complexity index is 573. The van der Waals surface area contributed by atoms with Crippen LogP contribution in [0.1, 0.15) is 25.1 Å². The van der Waals surface area contributed by atoms with Gasteiger partial charge in [0.2, 0.25) is 0 Å². The maximum absolute atomic E-state index is 12.0. The van der Waals surface area contributed by atoms with Gasteiger partial charge in [-0.2, -0.15) is 0 Å². The van der Waals surface area contributed by atoms with Crippen LogP contribution in [-0.2, 0) is 22.9 Å². The summed E-state index contributed by atoms with van der Waals surface area (Å²) < 4.78 is 25.0. The minimum Gasteiger partial charge on any atom is -0.326 e. The Morgan fingerprint density at radius 2 is 1.94 bits per heavy atom. The summed E-state index contributed by atoms with van der Waals surface area (Å²) in [6.07, 6.45) is 0. The lowest BCUT2D eigenvalue weighted by atomic mass is 10.2. The SMILES string of the molecule is Cc1ccc(CN)c(=O)n1CCS(=O)(=O)C(C)C. The molecule has 0 aliphatic carbocycles. The lowest BCUT2D eigenvalue weighted by Gasteiger charge is -2.13. The van der Waals surface area contributed by atoms with E-state index in [-0.39, 0.29) is 24.4 Å². The van der Waals surface area contributed by atoms with Crippen molar-refractivity contribution in [3.8, 4) is 0 Å². The first-order chi connectivity index (χ1) is 8.29. The molecule has 1 heterocycles. The van der Waals surface area contributed by atoms with Crippen LogP contribution in [0, 0.1) is 6.92 Å². The highest BCUT2D eigenvalue weighted by Gasteiger charge is 2.17. The zero-order valence-electron chi connectivity index (χ0n) is 11.0. The Morgan fingerprint density at radius 3 is 2.44 bits per heavy atom. The molecule has 2 N–H and O–H groups in total. The summed E-state index contributed by atoms with van der Waals surface area (Å²) in [7, 11) is -3.14. The topological polar surface area (TPSA) is 82.2 Å². The maximum Gasteiger partial charge on any atom is 0.255 e. The highest BCUT2D eigenvalue weighted by Crippen LogP contribution is 2.04. The maximum atomic E-state index is 12.0. The summed E-state index contributed by atoms with van der Waals surface area (Å²) in [5, 5.41) is -0.425. The highest BCUT2D eigenvalue weighted by atomic mass is 32.2. The first-order valence-electron chi connectivity index (χ1n) is 5.90. The third-order valence-electron chi connectivity index (χ3n) is 3.01. The van der Waals surface area contributed by atoms with Crippen molar-refractivity contribution < 1.29 is 8.42 Å². The van der Waals surface area contributed by atoms with Crippen LogP contribution < -0.4 is 11.3 Å². The van der Waals surface area contributed by atoms with Gasteiger partial charge in [0.1, 0.15) is 0 Å². The van der Waals surface area contributed by atoms with Crippen LogP contribution in [0.5, 0.6) is 0 Å². The van der Waals surface area contributed by atoms with Crippen molar-refractivity contribution in [3.05, 3.63) is 33.7 Å². The number of nitrogens with two attached hydrogens (primary N) is 1. The first-order valence-corrected chi connectivity index (χ1v) is 7.62. The Morgan fingerprint density at radius 1 is 1.33 bits per heavy atom. The van der Waals surface area contributed by atoms with Gasteiger partial charge in [-0.1, -0.05) is 6.07 Å². The fourth-order valence-electron chi connectivity index (χ4n) is 1.60. The number of aryl methyl sites for hydroxylation is 1. The van der Waals surface area contributed by atoms with Gasteiger partial charge in [0.05, 0.1) is 11.0 Å². The van der Waals surface area contributed by atoms with Gasteiger partial charge in [0, 0.05) is 24.3 Å². The smallest absolute Gasteiger partial charge is 0.255 e. The number of hydrogen-bond donors (Lipinski definition) is 1. The molecule has 0 saturated carbocycles. The highest BCUT2D eigenvalue weighted by molar-refractivity contribution is 7.91. The third-order valence-corrected chi connectivity index (χ3v) is 5.20. The second-order valence-electron chi connectivity index (χ2n) is 4.58. The van der Waals surface area contributed by atoms with E-state index in [0.717, 1.165) is 5.69 Å². The summed E-state index contributed by atoms with van der Waals surface area (Å²) in [4.78, 5) is 12.0. The average molecular weight is 272 g/mol. The molecule has 0 amide bonds. The van der Waals surface area contributed by atoms with Crippen LogP contribution in [-0.4, -0.2) is 24.0 Å². The van der Waals surface area contributed by atoms with Gasteiger partial charge in [-0.05, 0) is 26.8 Å². The summed E-state index contributed by atoms with van der Waals surface area (Å²) in [5.41, 5.74) is 6.52. The third kappa shape index (κ3) is 3.20. The Labute approximate surface area is 108 Å². The van der Waals surface area contributed by atoms with E-state index in [4.69, 9.17) is 5.73 Å². The molecule has 0 unspecified atom stereocenters. The molecular weight excluding hydrogens is 252 g/mol. The number of hydrogen-bond acceptors (Lipinski definition) is 4. The van der Waals surface area contributed by atoms with Gasteiger partial charge in [0.25, 0.3) is 5.56 Å². The monoisotopic (exact) mass is 272 g/mol. The molecule has 1 rings (SSSR count). The van der Waals surface area contributed by atoms with E-state index in [9.17, 15) is 13.2 Å². The molecule has 0 atom stereocenters. The van der Waals surface area contributed by atoms with Gasteiger partial charge < -0.3 is 10.3 Å². The molecule has 18 heavy (non-hydrogen) atoms. The molecule has 0 spiro atoms.